The van der Waals surface area contributed by atoms with E-state index >= 15 is 0 Å². The second-order valence-corrected chi connectivity index (χ2v) is 10.8. The van der Waals surface area contributed by atoms with Crippen LogP contribution in [-0.4, -0.2) is 33.7 Å². The highest BCUT2D eigenvalue weighted by atomic mass is 32.1. The van der Waals surface area contributed by atoms with Gasteiger partial charge in [-0.3, -0.25) is 9.59 Å². The van der Waals surface area contributed by atoms with Crippen LogP contribution in [0.3, 0.4) is 0 Å². The molecule has 1 aromatic heterocycles. The van der Waals surface area contributed by atoms with E-state index in [0.717, 1.165) is 20.9 Å². The van der Waals surface area contributed by atoms with Crippen molar-refractivity contribution in [2.45, 2.75) is 31.6 Å². The molecule has 2 aromatic carbocycles. The van der Waals surface area contributed by atoms with Crippen LogP contribution in [0.5, 0.6) is 0 Å². The molecule has 2 amide bonds. The monoisotopic (exact) mass is 494 g/mol. The minimum absolute atomic E-state index is 0.0529. The number of nitrogens with one attached hydrogen (secondary N) is 2. The third-order valence-electron chi connectivity index (χ3n) is 5.02. The summed E-state index contributed by atoms with van der Waals surface area (Å²) in [5.74, 6) is -2.41. The van der Waals surface area contributed by atoms with Gasteiger partial charge in [0.2, 0.25) is 0 Å². The van der Waals surface area contributed by atoms with Crippen LogP contribution in [0.15, 0.2) is 72.4 Å². The lowest BCUT2D eigenvalue weighted by Crippen LogP contribution is -2.53. The van der Waals surface area contributed by atoms with E-state index in [4.69, 9.17) is 0 Å². The van der Waals surface area contributed by atoms with Crippen LogP contribution in [0, 0.1) is 6.92 Å². The zero-order chi connectivity index (χ0) is 24.9. The summed E-state index contributed by atoms with van der Waals surface area (Å²) in [5.41, 5.74) is 2.30. The highest BCUT2D eigenvalue weighted by Gasteiger charge is 2.34. The van der Waals surface area contributed by atoms with Crippen LogP contribution in [0.1, 0.15) is 34.0 Å². The molecular weight excluding hydrogens is 468 g/mol. The average molecular weight is 495 g/mol. The molecule has 0 fully saturated rings. The van der Waals surface area contributed by atoms with Gasteiger partial charge in [0.05, 0.1) is 0 Å². The van der Waals surface area contributed by atoms with Crippen molar-refractivity contribution in [3.63, 3.8) is 0 Å². The number of hydrogen-bond donors (Lipinski definition) is 4. The molecule has 176 valence electrons. The largest absolute Gasteiger partial charge is 0.480 e. The summed E-state index contributed by atoms with van der Waals surface area (Å²) >= 11 is 5.75. The van der Waals surface area contributed by atoms with Crippen LogP contribution in [0.25, 0.3) is 17.2 Å². The van der Waals surface area contributed by atoms with Gasteiger partial charge < -0.3 is 15.7 Å². The van der Waals surface area contributed by atoms with Crippen LogP contribution in [0.4, 0.5) is 0 Å². The second-order valence-electron chi connectivity index (χ2n) is 8.30. The molecule has 3 aromatic rings. The first kappa shape index (κ1) is 25.3. The number of rotatable bonds is 8. The van der Waals surface area contributed by atoms with Crippen molar-refractivity contribution in [1.82, 2.24) is 10.6 Å². The molecule has 6 nitrogen and oxygen atoms in total. The Kier molecular flexibility index (Phi) is 7.96. The van der Waals surface area contributed by atoms with Crippen LogP contribution >= 0.6 is 24.0 Å². The SMILES string of the molecule is Cc1ccc(C=C(NC(=O)c2ccc(-c3ccccc3)cc2)C(=O)NC(C(=O)O)C(C)(C)S)s1. The lowest BCUT2D eigenvalue weighted by atomic mass is 10.0. The molecule has 3 rings (SSSR count). The van der Waals surface area contributed by atoms with Gasteiger partial charge in [-0.2, -0.15) is 12.6 Å². The lowest BCUT2D eigenvalue weighted by molar-refractivity contribution is -0.142. The molecule has 0 saturated carbocycles. The van der Waals surface area contributed by atoms with Crippen LogP contribution in [0.2, 0.25) is 0 Å². The summed E-state index contributed by atoms with van der Waals surface area (Å²) in [4.78, 5) is 39.5. The van der Waals surface area contributed by atoms with E-state index in [2.05, 4.69) is 23.3 Å². The van der Waals surface area contributed by atoms with Gasteiger partial charge in [0.1, 0.15) is 11.7 Å². The zero-order valence-corrected chi connectivity index (χ0v) is 20.7. The molecule has 0 saturated heterocycles. The molecule has 0 radical (unpaired) electrons. The molecule has 0 bridgehead atoms. The van der Waals surface area contributed by atoms with E-state index in [9.17, 15) is 19.5 Å². The van der Waals surface area contributed by atoms with E-state index < -0.39 is 28.6 Å². The number of aryl methyl sites for hydroxylation is 1. The van der Waals surface area contributed by atoms with Crippen molar-refractivity contribution >= 4 is 47.8 Å². The Bertz CT molecular complexity index is 1210. The number of thiophene rings is 1. The fraction of sp³-hybridized carbons (Fsp3) is 0.192. The van der Waals surface area contributed by atoms with Gasteiger partial charge in [0, 0.05) is 20.1 Å². The number of carbonyl (C=O) groups is 3. The standard InChI is InChI=1S/C26H26N2O4S2/c1-16-9-14-20(34-16)15-21(24(30)28-22(25(31)32)26(2,3)33)27-23(29)19-12-10-18(11-13-19)17-7-5-4-6-8-17/h4-15,22,33H,1-3H3,(H,27,29)(H,28,30)(H,31,32). The molecule has 0 aliphatic carbocycles. The Labute approximate surface area is 208 Å². The number of carboxylic acid groups (broad SMARTS) is 1. The third kappa shape index (κ3) is 6.59. The van der Waals surface area contributed by atoms with Crippen molar-refractivity contribution < 1.29 is 19.5 Å². The van der Waals surface area contributed by atoms with Gasteiger partial charge in [-0.25, -0.2) is 4.79 Å². The number of carbonyl (C=O) groups excluding carboxylic acids is 2. The van der Waals surface area contributed by atoms with Crippen molar-refractivity contribution in [3.8, 4) is 11.1 Å². The van der Waals surface area contributed by atoms with Crippen LogP contribution in [-0.2, 0) is 9.59 Å². The highest BCUT2D eigenvalue weighted by molar-refractivity contribution is 7.81. The Hall–Kier alpha value is -3.36. The molecular formula is C26H26N2O4S2. The first-order valence-corrected chi connectivity index (χ1v) is 11.8. The Balaban J connectivity index is 1.85. The van der Waals surface area contributed by atoms with Gasteiger partial charge in [0.25, 0.3) is 11.8 Å². The predicted molar refractivity (Wildman–Crippen MR) is 139 cm³/mol. The molecule has 0 aliphatic rings. The van der Waals surface area contributed by atoms with Gasteiger partial charge in [-0.15, -0.1) is 11.3 Å². The topological polar surface area (TPSA) is 95.5 Å². The lowest BCUT2D eigenvalue weighted by Gasteiger charge is -2.27. The normalized spacial score (nSPS) is 12.6. The number of carboxylic acids is 1. The number of hydrogen-bond acceptors (Lipinski definition) is 5. The Morgan fingerprint density at radius 2 is 1.59 bits per heavy atom. The number of thiol groups is 1. The zero-order valence-electron chi connectivity index (χ0n) is 19.0. The average Bonchev–Trinajstić information content (AvgIpc) is 3.21. The summed E-state index contributed by atoms with van der Waals surface area (Å²) in [7, 11) is 0. The van der Waals surface area contributed by atoms with E-state index in [1.165, 1.54) is 17.4 Å². The van der Waals surface area contributed by atoms with E-state index in [-0.39, 0.29) is 5.70 Å². The molecule has 1 heterocycles. The maximum absolute atomic E-state index is 13.0. The van der Waals surface area contributed by atoms with Crippen molar-refractivity contribution in [3.05, 3.63) is 87.7 Å². The summed E-state index contributed by atoms with van der Waals surface area (Å²) in [6.07, 6.45) is 1.54. The smallest absolute Gasteiger partial charge is 0.327 e. The van der Waals surface area contributed by atoms with Gasteiger partial charge in [-0.05, 0) is 62.2 Å². The fourth-order valence-electron chi connectivity index (χ4n) is 3.22. The first-order valence-electron chi connectivity index (χ1n) is 10.6. The fourth-order valence-corrected chi connectivity index (χ4v) is 4.22. The molecule has 3 N–H and O–H groups in total. The van der Waals surface area contributed by atoms with Gasteiger partial charge in [-0.1, -0.05) is 42.5 Å². The van der Waals surface area contributed by atoms with Crippen molar-refractivity contribution in [2.75, 3.05) is 0 Å². The Morgan fingerprint density at radius 1 is 0.971 bits per heavy atom. The number of benzene rings is 2. The van der Waals surface area contributed by atoms with Crippen LogP contribution < -0.4 is 10.6 Å². The van der Waals surface area contributed by atoms with E-state index in [1.807, 2.05) is 61.5 Å². The molecule has 8 heteroatoms. The van der Waals surface area contributed by atoms with Crippen molar-refractivity contribution in [1.29, 1.82) is 0 Å². The third-order valence-corrected chi connectivity index (χ3v) is 6.23. The minimum Gasteiger partial charge on any atom is -0.480 e. The highest BCUT2D eigenvalue weighted by Crippen LogP contribution is 2.22. The maximum atomic E-state index is 13.0. The summed E-state index contributed by atoms with van der Waals surface area (Å²) in [6, 6.07) is 19.2. The predicted octanol–water partition coefficient (Wildman–Crippen LogP) is 4.77. The van der Waals surface area contributed by atoms with E-state index in [0.29, 0.717) is 5.56 Å². The van der Waals surface area contributed by atoms with Gasteiger partial charge >= 0.3 is 5.97 Å². The first-order chi connectivity index (χ1) is 16.0. The quantitative estimate of drug-likeness (QED) is 0.268. The molecule has 34 heavy (non-hydrogen) atoms. The summed E-state index contributed by atoms with van der Waals surface area (Å²) in [6.45, 7) is 5.11. The van der Waals surface area contributed by atoms with Gasteiger partial charge in [0.15, 0.2) is 0 Å². The minimum atomic E-state index is -1.26. The maximum Gasteiger partial charge on any atom is 0.327 e. The molecule has 0 aliphatic heterocycles. The summed E-state index contributed by atoms with van der Waals surface area (Å²) < 4.78 is -1.02. The number of aliphatic carboxylic acids is 1. The Morgan fingerprint density at radius 3 is 2.12 bits per heavy atom. The molecule has 0 spiro atoms. The number of amides is 2. The summed E-state index contributed by atoms with van der Waals surface area (Å²) in [5, 5.41) is 14.7. The molecule has 1 unspecified atom stereocenters. The molecule has 1 atom stereocenters. The van der Waals surface area contributed by atoms with Crippen molar-refractivity contribution in [2.24, 2.45) is 0 Å². The second kappa shape index (κ2) is 10.7. The van der Waals surface area contributed by atoms with E-state index in [1.54, 1.807) is 26.0 Å².